The Morgan fingerprint density at radius 1 is 1.15 bits per heavy atom. The van der Waals surface area contributed by atoms with Gasteiger partial charge in [-0.05, 0) is 43.7 Å². The van der Waals surface area contributed by atoms with E-state index in [0.717, 1.165) is 0 Å². The fraction of sp³-hybridized carbons (Fsp3) is 0.235. The maximum atomic E-state index is 13.5. The number of ether oxygens (including phenoxy) is 2. The lowest BCUT2D eigenvalue weighted by Gasteiger charge is -2.16. The van der Waals surface area contributed by atoms with Crippen LogP contribution >= 0.6 is 0 Å². The molecule has 0 spiro atoms. The largest absolute Gasteiger partial charge is 0.495 e. The van der Waals surface area contributed by atoms with E-state index in [1.54, 1.807) is 19.1 Å². The standard InChI is InChI=1S/C17H19FN2O5S/c1-11-8-9-15(24-3)16(10-11)26(22,23)20-19-17(21)12(2)25-14-7-5-4-6-13(14)18/h4-10,12,20H,1-3H3,(H,19,21)/t12-/m0/s1. The molecular weight excluding hydrogens is 363 g/mol. The van der Waals surface area contributed by atoms with E-state index in [1.807, 2.05) is 4.83 Å². The third kappa shape index (κ3) is 4.70. The summed E-state index contributed by atoms with van der Waals surface area (Å²) in [6.45, 7) is 3.09. The molecule has 0 radical (unpaired) electrons. The lowest BCUT2D eigenvalue weighted by Crippen LogP contribution is -2.47. The highest BCUT2D eigenvalue weighted by atomic mass is 32.2. The van der Waals surface area contributed by atoms with Crippen molar-refractivity contribution in [2.75, 3.05) is 7.11 Å². The summed E-state index contributed by atoms with van der Waals surface area (Å²) in [6.07, 6.45) is -1.13. The minimum atomic E-state index is -4.07. The van der Waals surface area contributed by atoms with Gasteiger partial charge in [0.05, 0.1) is 7.11 Å². The quantitative estimate of drug-likeness (QED) is 0.714. The third-order valence-electron chi connectivity index (χ3n) is 3.43. The molecule has 26 heavy (non-hydrogen) atoms. The Morgan fingerprint density at radius 3 is 2.50 bits per heavy atom. The molecule has 0 fully saturated rings. The van der Waals surface area contributed by atoms with Gasteiger partial charge in [-0.15, -0.1) is 4.83 Å². The molecule has 0 aliphatic heterocycles. The molecule has 7 nitrogen and oxygen atoms in total. The smallest absolute Gasteiger partial charge is 0.275 e. The van der Waals surface area contributed by atoms with Crippen LogP contribution in [0, 0.1) is 12.7 Å². The fourth-order valence-electron chi connectivity index (χ4n) is 2.05. The Balaban J connectivity index is 2.06. The molecule has 2 rings (SSSR count). The number of hydrazine groups is 1. The molecule has 2 aromatic carbocycles. The second-order valence-electron chi connectivity index (χ2n) is 5.44. The number of hydrogen-bond donors (Lipinski definition) is 2. The SMILES string of the molecule is COc1ccc(C)cc1S(=O)(=O)NNC(=O)[C@H](C)Oc1ccccc1F. The van der Waals surface area contributed by atoms with E-state index < -0.39 is 27.9 Å². The molecule has 140 valence electrons. The number of nitrogens with one attached hydrogen (secondary N) is 2. The number of methoxy groups -OCH3 is 1. The topological polar surface area (TPSA) is 93.7 Å². The van der Waals surface area contributed by atoms with E-state index >= 15 is 0 Å². The Labute approximate surface area is 151 Å². The minimum Gasteiger partial charge on any atom is -0.495 e. The van der Waals surface area contributed by atoms with Crippen LogP contribution in [0.2, 0.25) is 0 Å². The number of para-hydroxylation sites is 1. The van der Waals surface area contributed by atoms with Crippen LogP contribution < -0.4 is 19.7 Å². The second-order valence-corrected chi connectivity index (χ2v) is 7.09. The number of aryl methyl sites for hydroxylation is 1. The summed E-state index contributed by atoms with van der Waals surface area (Å²) in [5.74, 6) is -1.40. The van der Waals surface area contributed by atoms with Gasteiger partial charge in [0.15, 0.2) is 17.7 Å². The molecule has 9 heteroatoms. The Morgan fingerprint density at radius 2 is 1.85 bits per heavy atom. The maximum Gasteiger partial charge on any atom is 0.275 e. The van der Waals surface area contributed by atoms with Gasteiger partial charge in [-0.2, -0.15) is 0 Å². The molecule has 0 saturated carbocycles. The molecule has 0 unspecified atom stereocenters. The van der Waals surface area contributed by atoms with Gasteiger partial charge in [-0.3, -0.25) is 10.2 Å². The van der Waals surface area contributed by atoms with Crippen LogP contribution in [0.1, 0.15) is 12.5 Å². The summed E-state index contributed by atoms with van der Waals surface area (Å²) in [5.41, 5.74) is 2.75. The highest BCUT2D eigenvalue weighted by Crippen LogP contribution is 2.24. The molecule has 2 aromatic rings. The fourth-order valence-corrected chi connectivity index (χ4v) is 3.15. The van der Waals surface area contributed by atoms with Gasteiger partial charge in [0.2, 0.25) is 0 Å². The Kier molecular flexibility index (Phi) is 6.17. The van der Waals surface area contributed by atoms with Crippen molar-refractivity contribution in [2.45, 2.75) is 24.8 Å². The lowest BCUT2D eigenvalue weighted by atomic mass is 10.2. The highest BCUT2D eigenvalue weighted by Gasteiger charge is 2.23. The van der Waals surface area contributed by atoms with Gasteiger partial charge in [0.1, 0.15) is 10.6 Å². The van der Waals surface area contributed by atoms with Crippen molar-refractivity contribution in [2.24, 2.45) is 0 Å². The highest BCUT2D eigenvalue weighted by molar-refractivity contribution is 7.89. The monoisotopic (exact) mass is 382 g/mol. The van der Waals surface area contributed by atoms with Crippen molar-refractivity contribution in [3.63, 3.8) is 0 Å². The van der Waals surface area contributed by atoms with Gasteiger partial charge in [0, 0.05) is 0 Å². The van der Waals surface area contributed by atoms with Gasteiger partial charge >= 0.3 is 0 Å². The van der Waals surface area contributed by atoms with Gasteiger partial charge in [-0.25, -0.2) is 12.8 Å². The summed E-state index contributed by atoms with van der Waals surface area (Å²) < 4.78 is 48.6. The maximum absolute atomic E-state index is 13.5. The molecular formula is C17H19FN2O5S. The summed E-state index contributed by atoms with van der Waals surface area (Å²) in [4.78, 5) is 13.9. The first-order valence-electron chi connectivity index (χ1n) is 7.62. The number of halogens is 1. The second kappa shape index (κ2) is 8.15. The number of hydrogen-bond acceptors (Lipinski definition) is 5. The lowest BCUT2D eigenvalue weighted by molar-refractivity contribution is -0.127. The number of sulfonamides is 1. The molecule has 0 saturated heterocycles. The predicted molar refractivity (Wildman–Crippen MR) is 92.7 cm³/mol. The number of carbonyl (C=O) groups is 1. The van der Waals surface area contributed by atoms with Crippen LogP contribution in [0.15, 0.2) is 47.4 Å². The van der Waals surface area contributed by atoms with E-state index in [-0.39, 0.29) is 16.4 Å². The molecule has 0 aliphatic carbocycles. The summed E-state index contributed by atoms with van der Waals surface area (Å²) in [6, 6.07) is 10.2. The first-order chi connectivity index (χ1) is 12.2. The van der Waals surface area contributed by atoms with Crippen LogP contribution in [0.5, 0.6) is 11.5 Å². The van der Waals surface area contributed by atoms with Crippen LogP contribution in [-0.4, -0.2) is 27.5 Å². The molecule has 0 heterocycles. The zero-order valence-corrected chi connectivity index (χ0v) is 15.3. The van der Waals surface area contributed by atoms with Crippen molar-refractivity contribution < 1.29 is 27.1 Å². The minimum absolute atomic E-state index is 0.113. The molecule has 1 amide bonds. The van der Waals surface area contributed by atoms with Gasteiger partial charge < -0.3 is 9.47 Å². The van der Waals surface area contributed by atoms with Crippen molar-refractivity contribution in [3.8, 4) is 11.5 Å². The van der Waals surface area contributed by atoms with Crippen LogP contribution in [0.4, 0.5) is 4.39 Å². The molecule has 0 bridgehead atoms. The summed E-state index contributed by atoms with van der Waals surface area (Å²) in [5, 5.41) is 0. The Bertz CT molecular complexity index is 902. The normalized spacial score (nSPS) is 12.3. The van der Waals surface area contributed by atoms with E-state index in [2.05, 4.69) is 5.43 Å². The first-order valence-corrected chi connectivity index (χ1v) is 9.10. The number of carbonyl (C=O) groups excluding carboxylic acids is 1. The zero-order chi connectivity index (χ0) is 19.3. The van der Waals surface area contributed by atoms with Gasteiger partial charge in [0.25, 0.3) is 15.9 Å². The zero-order valence-electron chi connectivity index (χ0n) is 14.4. The van der Waals surface area contributed by atoms with Crippen molar-refractivity contribution in [3.05, 3.63) is 53.8 Å². The average Bonchev–Trinajstić information content (AvgIpc) is 2.61. The summed E-state index contributed by atoms with van der Waals surface area (Å²) >= 11 is 0. The molecule has 1 atom stereocenters. The first kappa shape index (κ1) is 19.7. The number of benzene rings is 2. The summed E-state index contributed by atoms with van der Waals surface area (Å²) in [7, 11) is -2.73. The van der Waals surface area contributed by atoms with Crippen molar-refractivity contribution in [1.29, 1.82) is 0 Å². The van der Waals surface area contributed by atoms with Gasteiger partial charge in [-0.1, -0.05) is 18.2 Å². The average molecular weight is 382 g/mol. The molecule has 2 N–H and O–H groups in total. The van der Waals surface area contributed by atoms with Crippen LogP contribution in [-0.2, 0) is 14.8 Å². The Hall–Kier alpha value is -2.65. The number of amides is 1. The van der Waals surface area contributed by atoms with Crippen LogP contribution in [0.25, 0.3) is 0 Å². The van der Waals surface area contributed by atoms with Crippen LogP contribution in [0.3, 0.4) is 0 Å². The van der Waals surface area contributed by atoms with Crippen molar-refractivity contribution >= 4 is 15.9 Å². The van der Waals surface area contributed by atoms with E-state index in [9.17, 15) is 17.6 Å². The molecule has 0 aromatic heterocycles. The van der Waals surface area contributed by atoms with E-state index in [1.165, 1.54) is 44.4 Å². The van der Waals surface area contributed by atoms with Crippen molar-refractivity contribution in [1.82, 2.24) is 10.3 Å². The number of rotatable bonds is 7. The van der Waals surface area contributed by atoms with E-state index in [0.29, 0.717) is 5.56 Å². The third-order valence-corrected chi connectivity index (χ3v) is 4.70. The predicted octanol–water partition coefficient (Wildman–Crippen LogP) is 1.92. The van der Waals surface area contributed by atoms with E-state index in [4.69, 9.17) is 9.47 Å². The molecule has 0 aliphatic rings.